The van der Waals surface area contributed by atoms with Crippen molar-refractivity contribution in [1.82, 2.24) is 10.2 Å². The molecular formula is C18H14ClN5O6. The van der Waals surface area contributed by atoms with E-state index >= 15 is 0 Å². The van der Waals surface area contributed by atoms with Crippen LogP contribution >= 0.6 is 11.6 Å². The number of rotatable bonds is 6. The number of H-pyrrole nitrogens is 1. The van der Waals surface area contributed by atoms with Gasteiger partial charge in [-0.15, -0.1) is 5.10 Å². The Labute approximate surface area is 173 Å². The number of non-ortho nitro benzene ring substituents is 1. The zero-order chi connectivity index (χ0) is 22.0. The third-order valence-electron chi connectivity index (χ3n) is 4.02. The minimum absolute atomic E-state index is 0.0243. The Morgan fingerprint density at radius 1 is 1.13 bits per heavy atom. The Morgan fingerprint density at radius 2 is 1.87 bits per heavy atom. The number of ether oxygens (including phenoxy) is 1. The van der Waals surface area contributed by atoms with Gasteiger partial charge in [-0.05, 0) is 36.0 Å². The van der Waals surface area contributed by atoms with Gasteiger partial charge in [-0.1, -0.05) is 28.8 Å². The average molecular weight is 432 g/mol. The van der Waals surface area contributed by atoms with Crippen LogP contribution in [-0.2, 0) is 0 Å². The van der Waals surface area contributed by atoms with E-state index < -0.39 is 32.3 Å². The van der Waals surface area contributed by atoms with E-state index in [0.29, 0.717) is 5.75 Å². The number of nitro groups is 2. The van der Waals surface area contributed by atoms with Gasteiger partial charge in [0, 0.05) is 12.1 Å². The van der Waals surface area contributed by atoms with Crippen molar-refractivity contribution in [2.24, 2.45) is 0 Å². The van der Waals surface area contributed by atoms with Crippen molar-refractivity contribution in [3.63, 3.8) is 0 Å². The van der Waals surface area contributed by atoms with E-state index in [2.05, 4.69) is 15.5 Å². The van der Waals surface area contributed by atoms with Crippen LogP contribution in [0.3, 0.4) is 0 Å². The number of benzene rings is 2. The number of carbonyl (C=O) groups excluding carboxylic acids is 1. The summed E-state index contributed by atoms with van der Waals surface area (Å²) in [6, 6.07) is 9.22. The zero-order valence-corrected chi connectivity index (χ0v) is 16.4. The molecule has 0 atom stereocenters. The van der Waals surface area contributed by atoms with Crippen molar-refractivity contribution in [2.45, 2.75) is 13.8 Å². The van der Waals surface area contributed by atoms with E-state index in [1.165, 1.54) is 12.1 Å². The first-order valence-corrected chi connectivity index (χ1v) is 8.77. The summed E-state index contributed by atoms with van der Waals surface area (Å²) < 4.78 is 5.78. The van der Waals surface area contributed by atoms with Crippen LogP contribution in [0.2, 0.25) is 5.02 Å². The molecular weight excluding hydrogens is 418 g/mol. The molecule has 1 amide bonds. The number of anilines is 1. The third-order valence-corrected chi connectivity index (χ3v) is 4.38. The van der Waals surface area contributed by atoms with Crippen LogP contribution in [-0.4, -0.2) is 26.0 Å². The molecule has 154 valence electrons. The maximum absolute atomic E-state index is 12.4. The van der Waals surface area contributed by atoms with E-state index in [0.717, 1.165) is 17.2 Å². The van der Waals surface area contributed by atoms with Crippen LogP contribution in [0.4, 0.5) is 17.2 Å². The van der Waals surface area contributed by atoms with Crippen LogP contribution < -0.4 is 10.1 Å². The Bertz CT molecular complexity index is 1180. The molecule has 1 heterocycles. The highest BCUT2D eigenvalue weighted by molar-refractivity contribution is 6.35. The molecule has 0 saturated carbocycles. The predicted molar refractivity (Wildman–Crippen MR) is 107 cm³/mol. The molecule has 0 radical (unpaired) electrons. The Hall–Kier alpha value is -3.99. The van der Waals surface area contributed by atoms with Crippen molar-refractivity contribution < 1.29 is 19.4 Å². The van der Waals surface area contributed by atoms with E-state index in [1.807, 2.05) is 26.0 Å². The molecule has 11 nitrogen and oxygen atoms in total. The summed E-state index contributed by atoms with van der Waals surface area (Å²) >= 11 is 5.80. The number of aromatic amines is 1. The topological polar surface area (TPSA) is 153 Å². The lowest BCUT2D eigenvalue weighted by Gasteiger charge is -2.11. The molecule has 0 saturated heterocycles. The molecule has 0 aliphatic rings. The number of aryl methyl sites for hydroxylation is 2. The fraction of sp³-hybridized carbons (Fsp3) is 0.111. The maximum atomic E-state index is 12.4. The summed E-state index contributed by atoms with van der Waals surface area (Å²) in [6.07, 6.45) is 0. The number of halogens is 1. The largest absolute Gasteiger partial charge is 0.457 e. The van der Waals surface area contributed by atoms with Gasteiger partial charge in [0.2, 0.25) is 0 Å². The summed E-state index contributed by atoms with van der Waals surface area (Å²) in [4.78, 5) is 33.1. The number of nitrogens with one attached hydrogen (secondary N) is 2. The van der Waals surface area contributed by atoms with E-state index in [9.17, 15) is 25.0 Å². The Kier molecular flexibility index (Phi) is 5.65. The molecule has 0 aliphatic heterocycles. The number of hydrogen-bond donors (Lipinski definition) is 2. The molecule has 1 aromatic heterocycles. The highest BCUT2D eigenvalue weighted by Gasteiger charge is 2.25. The van der Waals surface area contributed by atoms with Crippen molar-refractivity contribution in [3.8, 4) is 11.5 Å². The van der Waals surface area contributed by atoms with Crippen LogP contribution in [0.25, 0.3) is 0 Å². The van der Waals surface area contributed by atoms with Gasteiger partial charge in [0.25, 0.3) is 11.6 Å². The van der Waals surface area contributed by atoms with Gasteiger partial charge < -0.3 is 20.2 Å². The average Bonchev–Trinajstić information content (AvgIpc) is 3.06. The second-order valence-electron chi connectivity index (χ2n) is 6.29. The van der Waals surface area contributed by atoms with Gasteiger partial charge in [-0.2, -0.15) is 0 Å². The van der Waals surface area contributed by atoms with Gasteiger partial charge in [0.05, 0.1) is 16.7 Å². The molecule has 12 heteroatoms. The number of nitrogens with zero attached hydrogens (tertiary/aromatic N) is 3. The lowest BCUT2D eigenvalue weighted by molar-refractivity contribution is -0.389. The molecule has 0 aliphatic carbocycles. The first kappa shape index (κ1) is 20.7. The van der Waals surface area contributed by atoms with Crippen LogP contribution in [0.1, 0.15) is 21.6 Å². The lowest BCUT2D eigenvalue weighted by atomic mass is 10.1. The zero-order valence-electron chi connectivity index (χ0n) is 15.6. The maximum Gasteiger partial charge on any atom is 0.362 e. The SMILES string of the molecule is Cc1ccc(C)c(Oc2cc(NC(=O)c3n[nH]c([N+](=O)[O-])c3Cl)cc([N+](=O)[O-])c2)c1. The number of nitro benzene ring substituents is 1. The van der Waals surface area contributed by atoms with Crippen molar-refractivity contribution in [2.75, 3.05) is 5.32 Å². The first-order valence-electron chi connectivity index (χ1n) is 8.40. The molecule has 2 aromatic carbocycles. The van der Waals surface area contributed by atoms with Crippen molar-refractivity contribution >= 4 is 34.7 Å². The quantitative estimate of drug-likeness (QED) is 0.428. The smallest absolute Gasteiger partial charge is 0.362 e. The molecule has 30 heavy (non-hydrogen) atoms. The van der Waals surface area contributed by atoms with Gasteiger partial charge in [0.1, 0.15) is 11.5 Å². The summed E-state index contributed by atoms with van der Waals surface area (Å²) in [5, 5.41) is 29.6. The first-order chi connectivity index (χ1) is 14.2. The lowest BCUT2D eigenvalue weighted by Crippen LogP contribution is -2.13. The second kappa shape index (κ2) is 8.17. The summed E-state index contributed by atoms with van der Waals surface area (Å²) in [7, 11) is 0. The summed E-state index contributed by atoms with van der Waals surface area (Å²) in [5.74, 6) is -0.909. The number of aromatic nitrogens is 2. The van der Waals surface area contributed by atoms with Crippen LogP contribution in [0, 0.1) is 34.1 Å². The molecule has 2 N–H and O–H groups in total. The second-order valence-corrected chi connectivity index (χ2v) is 6.67. The standard InChI is InChI=1S/C18H14ClN5O6/c1-9-3-4-10(2)14(5-9)30-13-7-11(6-12(8-13)23(26)27)20-18(25)16-15(19)17(22-21-16)24(28)29/h3-8H,1-2H3,(H,20,25)(H,21,22). The van der Waals surface area contributed by atoms with Crippen molar-refractivity contribution in [1.29, 1.82) is 0 Å². The number of hydrogen-bond acceptors (Lipinski definition) is 7. The molecule has 0 unspecified atom stereocenters. The number of carbonyl (C=O) groups is 1. The number of amides is 1. The molecule has 3 rings (SSSR count). The highest BCUT2D eigenvalue weighted by atomic mass is 35.5. The minimum Gasteiger partial charge on any atom is -0.457 e. The fourth-order valence-electron chi connectivity index (χ4n) is 2.54. The monoisotopic (exact) mass is 431 g/mol. The van der Waals surface area contributed by atoms with E-state index in [4.69, 9.17) is 16.3 Å². The summed E-state index contributed by atoms with van der Waals surface area (Å²) in [6.45, 7) is 3.69. The van der Waals surface area contributed by atoms with Crippen LogP contribution in [0.15, 0.2) is 36.4 Å². The molecule has 0 bridgehead atoms. The molecule has 0 fully saturated rings. The van der Waals surface area contributed by atoms with E-state index in [1.54, 1.807) is 6.07 Å². The minimum atomic E-state index is -0.887. The van der Waals surface area contributed by atoms with Gasteiger partial charge in [0.15, 0.2) is 10.7 Å². The summed E-state index contributed by atoms with van der Waals surface area (Å²) in [5.41, 5.74) is 1.02. The Morgan fingerprint density at radius 3 is 2.50 bits per heavy atom. The molecule has 0 spiro atoms. The van der Waals surface area contributed by atoms with Crippen LogP contribution in [0.5, 0.6) is 11.5 Å². The van der Waals surface area contributed by atoms with Crippen molar-refractivity contribution in [3.05, 3.63) is 78.5 Å². The third kappa shape index (κ3) is 4.36. The Balaban J connectivity index is 1.93. The fourth-order valence-corrected chi connectivity index (χ4v) is 2.78. The normalized spacial score (nSPS) is 10.5. The van der Waals surface area contributed by atoms with Gasteiger partial charge >= 0.3 is 5.82 Å². The van der Waals surface area contributed by atoms with E-state index in [-0.39, 0.29) is 17.1 Å². The predicted octanol–water partition coefficient (Wildman–Crippen LogP) is 4.54. The van der Waals surface area contributed by atoms with Gasteiger partial charge in [-0.25, -0.2) is 0 Å². The van der Waals surface area contributed by atoms with Gasteiger partial charge in [-0.3, -0.25) is 14.9 Å². The molecule has 3 aromatic rings. The highest BCUT2D eigenvalue weighted by Crippen LogP contribution is 2.32.